The molecule has 12 rings (SSSR count). The number of hydrogen-bond donors (Lipinski definition) is 0. The minimum atomic E-state index is 0.469. The summed E-state index contributed by atoms with van der Waals surface area (Å²) in [6, 6.07) is 36.9. The molecule has 6 aromatic heterocycles. The third-order valence-electron chi connectivity index (χ3n) is 10.8. The molecule has 12 heteroatoms. The second-order valence-electron chi connectivity index (χ2n) is 14.3. The van der Waals surface area contributed by atoms with Crippen molar-refractivity contribution in [2.75, 3.05) is 0 Å². The number of rotatable bonds is 6. The van der Waals surface area contributed by atoms with E-state index < -0.39 is 0 Å². The van der Waals surface area contributed by atoms with Gasteiger partial charge in [-0.15, -0.1) is 0 Å². The molecule has 12 nitrogen and oxygen atoms in total. The molecular formula is C48H26N12. The van der Waals surface area contributed by atoms with Crippen LogP contribution in [0, 0.1) is 0 Å². The van der Waals surface area contributed by atoms with Crippen LogP contribution in [0.15, 0.2) is 159 Å². The molecule has 0 radical (unpaired) electrons. The van der Waals surface area contributed by atoms with Crippen molar-refractivity contribution in [2.45, 2.75) is 0 Å². The Morgan fingerprint density at radius 1 is 0.300 bits per heavy atom. The van der Waals surface area contributed by atoms with Crippen molar-refractivity contribution in [2.24, 2.45) is 0 Å². The third kappa shape index (κ3) is 5.46. The first-order valence-corrected chi connectivity index (χ1v) is 19.2. The van der Waals surface area contributed by atoms with Crippen LogP contribution in [0.2, 0.25) is 0 Å². The smallest absolute Gasteiger partial charge is 0.167 e. The van der Waals surface area contributed by atoms with Crippen LogP contribution in [0.3, 0.4) is 0 Å². The summed E-state index contributed by atoms with van der Waals surface area (Å²) in [5.74, 6) is 3.04. The van der Waals surface area contributed by atoms with Gasteiger partial charge in [-0.1, -0.05) is 72.8 Å². The molecule has 0 saturated carbocycles. The van der Waals surface area contributed by atoms with Gasteiger partial charge in [0.1, 0.15) is 12.7 Å². The zero-order valence-electron chi connectivity index (χ0n) is 31.4. The number of fused-ring (bicyclic) bond motifs is 2. The summed E-state index contributed by atoms with van der Waals surface area (Å²) >= 11 is 0. The Bertz CT molecular complexity index is 3370. The molecule has 0 amide bonds. The summed E-state index contributed by atoms with van der Waals surface area (Å²) < 4.78 is 0. The van der Waals surface area contributed by atoms with Crippen molar-refractivity contribution in [3.05, 3.63) is 159 Å². The van der Waals surface area contributed by atoms with Gasteiger partial charge < -0.3 is 0 Å². The summed E-state index contributed by atoms with van der Waals surface area (Å²) in [6.07, 6.45) is 13.4. The molecule has 60 heavy (non-hydrogen) atoms. The number of benzene rings is 6. The molecule has 0 saturated heterocycles. The van der Waals surface area contributed by atoms with E-state index in [1.165, 1.54) is 12.7 Å². The molecule has 278 valence electrons. The van der Waals surface area contributed by atoms with E-state index in [2.05, 4.69) is 78.4 Å². The second-order valence-corrected chi connectivity index (χ2v) is 14.3. The fourth-order valence-electron chi connectivity index (χ4n) is 8.11. The summed E-state index contributed by atoms with van der Waals surface area (Å²) in [5.41, 5.74) is 6.49. The zero-order chi connectivity index (χ0) is 39.6. The minimum Gasteiger partial charge on any atom is -0.256 e. The Morgan fingerprint density at radius 2 is 0.683 bits per heavy atom. The molecule has 6 aromatic carbocycles. The van der Waals surface area contributed by atoms with Gasteiger partial charge in [0, 0.05) is 70.2 Å². The summed E-state index contributed by atoms with van der Waals surface area (Å²) in [4.78, 5) is 56.6. The number of nitrogens with zero attached hydrogens (tertiary/aromatic N) is 12. The normalized spacial score (nSPS) is 11.7. The lowest BCUT2D eigenvalue weighted by Crippen LogP contribution is -2.02. The topological polar surface area (TPSA) is 155 Å². The Morgan fingerprint density at radius 3 is 1.12 bits per heavy atom. The maximum Gasteiger partial charge on any atom is 0.167 e. The first-order chi connectivity index (χ1) is 29.7. The van der Waals surface area contributed by atoms with Crippen molar-refractivity contribution in [3.8, 4) is 68.3 Å². The molecule has 0 aliphatic rings. The van der Waals surface area contributed by atoms with E-state index in [4.69, 9.17) is 29.9 Å². The highest BCUT2D eigenvalue weighted by Gasteiger charge is 2.21. The van der Waals surface area contributed by atoms with Gasteiger partial charge in [-0.25, -0.2) is 49.8 Å². The van der Waals surface area contributed by atoms with Crippen LogP contribution in [0.25, 0.3) is 122 Å². The first-order valence-electron chi connectivity index (χ1n) is 19.2. The molecule has 0 unspecified atom stereocenters. The number of pyridine rings is 2. The molecule has 0 fully saturated rings. The van der Waals surface area contributed by atoms with E-state index in [9.17, 15) is 0 Å². The fourth-order valence-corrected chi connectivity index (χ4v) is 8.11. The average Bonchev–Trinajstić information content (AvgIpc) is 3.33. The van der Waals surface area contributed by atoms with Gasteiger partial charge in [0.15, 0.2) is 34.9 Å². The van der Waals surface area contributed by atoms with Crippen molar-refractivity contribution >= 4 is 54.1 Å². The van der Waals surface area contributed by atoms with Gasteiger partial charge in [-0.3, -0.25) is 9.97 Å². The summed E-state index contributed by atoms with van der Waals surface area (Å²) in [5, 5.41) is 8.20. The Kier molecular flexibility index (Phi) is 7.53. The highest BCUT2D eigenvalue weighted by Crippen LogP contribution is 2.42. The van der Waals surface area contributed by atoms with Crippen LogP contribution in [0.4, 0.5) is 0 Å². The molecule has 6 heterocycles. The SMILES string of the molecule is c1cc(-c2nc(-c3cncnc3)nc(-c3ccc4ccc5c(-c6nc(-c7cncnc7)nc(-c7cccc8ncccc78)n6)ccc6ccc3c4c65)n2)c2cccnc2c1. The van der Waals surface area contributed by atoms with Gasteiger partial charge in [-0.05, 0) is 68.7 Å². The van der Waals surface area contributed by atoms with Gasteiger partial charge >= 0.3 is 0 Å². The van der Waals surface area contributed by atoms with Crippen LogP contribution in [-0.4, -0.2) is 59.8 Å². The van der Waals surface area contributed by atoms with E-state index in [1.54, 1.807) is 37.2 Å². The van der Waals surface area contributed by atoms with Crippen molar-refractivity contribution in [1.29, 1.82) is 0 Å². The molecule has 0 bridgehead atoms. The van der Waals surface area contributed by atoms with Crippen LogP contribution >= 0.6 is 0 Å². The van der Waals surface area contributed by atoms with E-state index in [1.807, 2.05) is 60.7 Å². The third-order valence-corrected chi connectivity index (χ3v) is 10.8. The van der Waals surface area contributed by atoms with Crippen LogP contribution in [0.1, 0.15) is 0 Å². The van der Waals surface area contributed by atoms with Gasteiger partial charge in [0.05, 0.1) is 22.2 Å². The summed E-state index contributed by atoms with van der Waals surface area (Å²) in [6.45, 7) is 0. The largest absolute Gasteiger partial charge is 0.256 e. The molecular weight excluding hydrogens is 745 g/mol. The van der Waals surface area contributed by atoms with E-state index in [0.717, 1.165) is 76.4 Å². The zero-order valence-corrected chi connectivity index (χ0v) is 31.4. The van der Waals surface area contributed by atoms with Gasteiger partial charge in [0.2, 0.25) is 0 Å². The van der Waals surface area contributed by atoms with Crippen LogP contribution in [0.5, 0.6) is 0 Å². The Balaban J connectivity index is 1.09. The van der Waals surface area contributed by atoms with Crippen LogP contribution < -0.4 is 0 Å². The average molecular weight is 771 g/mol. The summed E-state index contributed by atoms with van der Waals surface area (Å²) in [7, 11) is 0. The highest BCUT2D eigenvalue weighted by molar-refractivity contribution is 6.27. The van der Waals surface area contributed by atoms with Crippen molar-refractivity contribution in [3.63, 3.8) is 0 Å². The molecule has 0 atom stereocenters. The molecule has 0 aliphatic heterocycles. The maximum absolute atomic E-state index is 5.16. The highest BCUT2D eigenvalue weighted by atomic mass is 15.0. The lowest BCUT2D eigenvalue weighted by atomic mass is 9.89. The number of hydrogen-bond acceptors (Lipinski definition) is 12. The minimum absolute atomic E-state index is 0.469. The second kappa shape index (κ2) is 13.5. The van der Waals surface area contributed by atoms with E-state index >= 15 is 0 Å². The predicted molar refractivity (Wildman–Crippen MR) is 231 cm³/mol. The Hall–Kier alpha value is -8.64. The fraction of sp³-hybridized carbons (Fsp3) is 0. The predicted octanol–water partition coefficient (Wildman–Crippen LogP) is 9.63. The lowest BCUT2D eigenvalue weighted by Gasteiger charge is -2.16. The molecule has 0 spiro atoms. The van der Waals surface area contributed by atoms with E-state index in [-0.39, 0.29) is 0 Å². The number of aromatic nitrogens is 12. The quantitative estimate of drug-likeness (QED) is 0.148. The van der Waals surface area contributed by atoms with Gasteiger partial charge in [-0.2, -0.15) is 0 Å². The van der Waals surface area contributed by atoms with Crippen molar-refractivity contribution in [1.82, 2.24) is 59.8 Å². The monoisotopic (exact) mass is 770 g/mol. The standard InChI is InChI=1S/C48H26N12/c1-5-35(31-7-3-19-53-39(31)9-1)45-55-43(29-21-49-25-50-22-29)57-47(59-45)37-17-13-27-12-16-34-38(18-14-28-11-15-33(37)41(27)42(28)34)48-58-44(30-23-51-26-52-24-30)56-46(60-48)36-6-2-10-40-32(36)8-4-20-54-40/h1-26H. The molecule has 0 aliphatic carbocycles. The Labute approximate surface area is 340 Å². The van der Waals surface area contributed by atoms with Crippen molar-refractivity contribution < 1.29 is 0 Å². The first kappa shape index (κ1) is 33.5. The van der Waals surface area contributed by atoms with Gasteiger partial charge in [0.25, 0.3) is 0 Å². The molecule has 0 N–H and O–H groups in total. The maximum atomic E-state index is 5.16. The van der Waals surface area contributed by atoms with Crippen LogP contribution in [-0.2, 0) is 0 Å². The lowest BCUT2D eigenvalue weighted by molar-refractivity contribution is 1.06. The molecule has 12 aromatic rings. The van der Waals surface area contributed by atoms with E-state index in [0.29, 0.717) is 46.1 Å².